The van der Waals surface area contributed by atoms with Crippen molar-refractivity contribution in [2.24, 2.45) is 5.73 Å². The van der Waals surface area contributed by atoms with Gasteiger partial charge in [0.2, 0.25) is 0 Å². The normalized spacial score (nSPS) is 9.13. The van der Waals surface area contributed by atoms with Gasteiger partial charge in [0.05, 0.1) is 7.11 Å². The molecule has 0 radical (unpaired) electrons. The second-order valence-corrected chi connectivity index (χ2v) is 2.68. The molecule has 0 saturated carbocycles. The molecule has 0 spiro atoms. The van der Waals surface area contributed by atoms with E-state index in [-0.39, 0.29) is 12.4 Å². The minimum absolute atomic E-state index is 0.192. The molecule has 0 unspecified atom stereocenters. The fraction of sp³-hybridized carbons (Fsp3) is 0.400. The Morgan fingerprint density at radius 2 is 1.80 bits per heavy atom. The molecule has 1 aromatic rings. The number of nitrogens with two attached hydrogens (primary N) is 1. The van der Waals surface area contributed by atoms with Crippen LogP contribution in [0.15, 0.2) is 18.2 Å². The van der Waals surface area contributed by atoms with Gasteiger partial charge in [0.15, 0.2) is 0 Å². The van der Waals surface area contributed by atoms with Gasteiger partial charge in [0.1, 0.15) is 17.4 Å². The Morgan fingerprint density at radius 1 is 1.27 bits per heavy atom. The Labute approximate surface area is 87.5 Å². The standard InChI is InChI=1S/C7H6F2O.C3H9NO/c1-10-7-3-5(8)2-6(9)4-7;4-2-1-3-5/h2-4H,1H3;5H,1-4H2. The Kier molecular flexibility index (Phi) is 7.49. The first-order valence-corrected chi connectivity index (χ1v) is 4.45. The van der Waals surface area contributed by atoms with Gasteiger partial charge in [-0.15, -0.1) is 0 Å². The highest BCUT2D eigenvalue weighted by Gasteiger charge is 1.98. The molecular formula is C10H15F2NO2. The topological polar surface area (TPSA) is 55.5 Å². The third-order valence-corrected chi connectivity index (χ3v) is 1.43. The van der Waals surface area contributed by atoms with Crippen molar-refractivity contribution < 1.29 is 18.6 Å². The van der Waals surface area contributed by atoms with E-state index in [9.17, 15) is 8.78 Å². The summed E-state index contributed by atoms with van der Waals surface area (Å²) < 4.78 is 29.2. The first-order valence-electron chi connectivity index (χ1n) is 4.45. The number of hydrogen-bond acceptors (Lipinski definition) is 3. The molecule has 0 amide bonds. The molecule has 15 heavy (non-hydrogen) atoms. The summed E-state index contributed by atoms with van der Waals surface area (Å²) in [5.41, 5.74) is 4.98. The number of aliphatic hydroxyl groups is 1. The van der Waals surface area contributed by atoms with Gasteiger partial charge in [-0.25, -0.2) is 8.78 Å². The van der Waals surface area contributed by atoms with E-state index in [1.165, 1.54) is 7.11 Å². The van der Waals surface area contributed by atoms with E-state index in [0.717, 1.165) is 24.6 Å². The van der Waals surface area contributed by atoms with Crippen LogP contribution in [0.2, 0.25) is 0 Å². The van der Waals surface area contributed by atoms with Gasteiger partial charge in [0.25, 0.3) is 0 Å². The van der Waals surface area contributed by atoms with E-state index in [0.29, 0.717) is 6.54 Å². The molecule has 5 heteroatoms. The SMILES string of the molecule is COc1cc(F)cc(F)c1.NCCCO. The Balaban J connectivity index is 0.000000336. The van der Waals surface area contributed by atoms with E-state index < -0.39 is 11.6 Å². The molecular weight excluding hydrogens is 204 g/mol. The van der Waals surface area contributed by atoms with E-state index in [4.69, 9.17) is 10.8 Å². The van der Waals surface area contributed by atoms with E-state index in [1.807, 2.05) is 0 Å². The van der Waals surface area contributed by atoms with Gasteiger partial charge in [-0.3, -0.25) is 0 Å². The fourth-order valence-corrected chi connectivity index (χ4v) is 0.738. The molecule has 0 aliphatic carbocycles. The summed E-state index contributed by atoms with van der Waals surface area (Å²) in [6.07, 6.45) is 0.722. The molecule has 0 atom stereocenters. The smallest absolute Gasteiger partial charge is 0.129 e. The van der Waals surface area contributed by atoms with Gasteiger partial charge < -0.3 is 15.6 Å². The zero-order chi connectivity index (χ0) is 11.7. The molecule has 86 valence electrons. The lowest BCUT2D eigenvalue weighted by Crippen LogP contribution is -1.99. The third-order valence-electron chi connectivity index (χ3n) is 1.43. The highest BCUT2D eigenvalue weighted by atomic mass is 19.1. The quantitative estimate of drug-likeness (QED) is 0.805. The first-order chi connectivity index (χ1) is 7.13. The average Bonchev–Trinajstić information content (AvgIpc) is 2.18. The third kappa shape index (κ3) is 6.82. The minimum atomic E-state index is -0.628. The lowest BCUT2D eigenvalue weighted by atomic mass is 10.3. The van der Waals surface area contributed by atoms with Crippen molar-refractivity contribution in [1.29, 1.82) is 0 Å². The predicted molar refractivity (Wildman–Crippen MR) is 53.7 cm³/mol. The largest absolute Gasteiger partial charge is 0.497 e. The second kappa shape index (κ2) is 8.14. The summed E-state index contributed by atoms with van der Waals surface area (Å²) in [7, 11) is 1.36. The Bertz CT molecular complexity index is 260. The van der Waals surface area contributed by atoms with Crippen LogP contribution in [0.4, 0.5) is 8.78 Å². The summed E-state index contributed by atoms with van der Waals surface area (Å²) in [5, 5.41) is 7.99. The number of halogens is 2. The molecule has 1 rings (SSSR count). The zero-order valence-corrected chi connectivity index (χ0v) is 8.54. The van der Waals surface area contributed by atoms with E-state index in [2.05, 4.69) is 4.74 Å². The number of hydrogen-bond donors (Lipinski definition) is 2. The average molecular weight is 219 g/mol. The number of methoxy groups -OCH3 is 1. The van der Waals surface area contributed by atoms with E-state index >= 15 is 0 Å². The Morgan fingerprint density at radius 3 is 2.07 bits per heavy atom. The summed E-state index contributed by atoms with van der Waals surface area (Å²) in [4.78, 5) is 0. The maximum Gasteiger partial charge on any atom is 0.129 e. The maximum absolute atomic E-state index is 12.3. The molecule has 0 aliphatic rings. The molecule has 0 heterocycles. The van der Waals surface area contributed by atoms with Crippen molar-refractivity contribution in [3.05, 3.63) is 29.8 Å². The van der Waals surface area contributed by atoms with Crippen LogP contribution in [0.5, 0.6) is 5.75 Å². The minimum Gasteiger partial charge on any atom is -0.497 e. The van der Waals surface area contributed by atoms with Gasteiger partial charge in [-0.1, -0.05) is 0 Å². The number of benzene rings is 1. The molecule has 3 N–H and O–H groups in total. The van der Waals surface area contributed by atoms with Crippen molar-refractivity contribution in [2.75, 3.05) is 20.3 Å². The van der Waals surface area contributed by atoms with Crippen molar-refractivity contribution in [2.45, 2.75) is 6.42 Å². The monoisotopic (exact) mass is 219 g/mol. The van der Waals surface area contributed by atoms with Crippen LogP contribution in [0.1, 0.15) is 6.42 Å². The van der Waals surface area contributed by atoms with Gasteiger partial charge in [-0.2, -0.15) is 0 Å². The van der Waals surface area contributed by atoms with Crippen molar-refractivity contribution >= 4 is 0 Å². The van der Waals surface area contributed by atoms with Crippen LogP contribution < -0.4 is 10.5 Å². The summed E-state index contributed by atoms with van der Waals surface area (Å²) >= 11 is 0. The van der Waals surface area contributed by atoms with Crippen LogP contribution in [-0.4, -0.2) is 25.4 Å². The molecule has 3 nitrogen and oxygen atoms in total. The maximum atomic E-state index is 12.3. The summed E-state index contributed by atoms with van der Waals surface area (Å²) in [5.74, 6) is -1.06. The summed E-state index contributed by atoms with van der Waals surface area (Å²) in [6.45, 7) is 0.812. The van der Waals surface area contributed by atoms with Crippen LogP contribution >= 0.6 is 0 Å². The summed E-state index contributed by atoms with van der Waals surface area (Å²) in [6, 6.07) is 3.02. The lowest BCUT2D eigenvalue weighted by Gasteiger charge is -1.97. The molecule has 0 fully saturated rings. The predicted octanol–water partition coefficient (Wildman–Crippen LogP) is 1.30. The van der Waals surface area contributed by atoms with Crippen LogP contribution in [0, 0.1) is 11.6 Å². The number of aliphatic hydroxyl groups excluding tert-OH is 1. The van der Waals surface area contributed by atoms with Crippen molar-refractivity contribution in [3.63, 3.8) is 0 Å². The van der Waals surface area contributed by atoms with Crippen LogP contribution in [0.3, 0.4) is 0 Å². The molecule has 1 aromatic carbocycles. The van der Waals surface area contributed by atoms with Crippen LogP contribution in [0.25, 0.3) is 0 Å². The van der Waals surface area contributed by atoms with Crippen molar-refractivity contribution in [1.82, 2.24) is 0 Å². The lowest BCUT2D eigenvalue weighted by molar-refractivity contribution is 0.291. The number of rotatable bonds is 3. The highest BCUT2D eigenvalue weighted by Crippen LogP contribution is 2.13. The van der Waals surface area contributed by atoms with Gasteiger partial charge in [-0.05, 0) is 13.0 Å². The zero-order valence-electron chi connectivity index (χ0n) is 8.54. The van der Waals surface area contributed by atoms with Gasteiger partial charge in [0, 0.05) is 24.8 Å². The Hall–Kier alpha value is -1.20. The second-order valence-electron chi connectivity index (χ2n) is 2.68. The first kappa shape index (κ1) is 13.8. The van der Waals surface area contributed by atoms with Gasteiger partial charge >= 0.3 is 0 Å². The van der Waals surface area contributed by atoms with Crippen LogP contribution in [-0.2, 0) is 0 Å². The molecule has 0 aromatic heterocycles. The highest BCUT2D eigenvalue weighted by molar-refractivity contribution is 5.23. The molecule has 0 aliphatic heterocycles. The van der Waals surface area contributed by atoms with E-state index in [1.54, 1.807) is 0 Å². The molecule has 0 bridgehead atoms. The fourth-order valence-electron chi connectivity index (χ4n) is 0.738. The van der Waals surface area contributed by atoms with Crippen molar-refractivity contribution in [3.8, 4) is 5.75 Å². The molecule has 0 saturated heterocycles. The number of ether oxygens (including phenoxy) is 1.